The molecule has 6 nitrogen and oxygen atoms in total. The Kier molecular flexibility index (Phi) is 4.18. The molecule has 0 atom stereocenters. The van der Waals surface area contributed by atoms with Crippen molar-refractivity contribution < 1.29 is 9.72 Å². The molecule has 2 N–H and O–H groups in total. The van der Waals surface area contributed by atoms with Crippen molar-refractivity contribution in [2.24, 2.45) is 0 Å². The van der Waals surface area contributed by atoms with Crippen LogP contribution in [0.4, 0.5) is 17.1 Å². The minimum absolute atomic E-state index is 0.00104. The van der Waals surface area contributed by atoms with Crippen molar-refractivity contribution in [3.63, 3.8) is 0 Å². The van der Waals surface area contributed by atoms with Crippen molar-refractivity contribution in [1.29, 1.82) is 0 Å². The Morgan fingerprint density at radius 1 is 1.14 bits per heavy atom. The van der Waals surface area contributed by atoms with E-state index < -0.39 is 4.92 Å². The zero-order valence-electron chi connectivity index (χ0n) is 11.7. The van der Waals surface area contributed by atoms with Crippen LogP contribution in [0.25, 0.3) is 0 Å². The molecule has 2 rings (SSSR count). The van der Waals surface area contributed by atoms with Gasteiger partial charge in [0, 0.05) is 30.6 Å². The maximum absolute atomic E-state index is 12.3. The van der Waals surface area contributed by atoms with E-state index in [1.54, 1.807) is 32.2 Å². The van der Waals surface area contributed by atoms with Gasteiger partial charge in [-0.3, -0.25) is 14.9 Å². The lowest BCUT2D eigenvalue weighted by atomic mass is 10.1. The summed E-state index contributed by atoms with van der Waals surface area (Å²) < 4.78 is 0. The van der Waals surface area contributed by atoms with Gasteiger partial charge in [0.25, 0.3) is 11.6 Å². The summed E-state index contributed by atoms with van der Waals surface area (Å²) in [5, 5.41) is 16.4. The quantitative estimate of drug-likeness (QED) is 0.667. The molecule has 0 aliphatic heterocycles. The van der Waals surface area contributed by atoms with Crippen LogP contribution >= 0.6 is 0 Å². The first kappa shape index (κ1) is 14.5. The Morgan fingerprint density at radius 2 is 1.86 bits per heavy atom. The number of rotatable bonds is 4. The highest BCUT2D eigenvalue weighted by molar-refractivity contribution is 6.08. The molecule has 6 heteroatoms. The van der Waals surface area contributed by atoms with E-state index in [0.29, 0.717) is 16.8 Å². The maximum atomic E-state index is 12.3. The summed E-state index contributed by atoms with van der Waals surface area (Å²) in [5.41, 5.74) is 2.42. The highest BCUT2D eigenvalue weighted by atomic mass is 16.6. The van der Waals surface area contributed by atoms with Crippen LogP contribution in [0.1, 0.15) is 15.9 Å². The SMILES string of the molecule is CNc1ccccc1C(=O)Nc1ccc([N+](=O)[O-])cc1C. The molecule has 2 aromatic carbocycles. The Hall–Kier alpha value is -2.89. The fourth-order valence-electron chi connectivity index (χ4n) is 1.99. The summed E-state index contributed by atoms with van der Waals surface area (Å²) in [7, 11) is 1.74. The minimum Gasteiger partial charge on any atom is -0.387 e. The lowest BCUT2D eigenvalue weighted by Gasteiger charge is -2.11. The average molecular weight is 285 g/mol. The first-order valence-electron chi connectivity index (χ1n) is 6.36. The predicted octanol–water partition coefficient (Wildman–Crippen LogP) is 3.20. The minimum atomic E-state index is -0.463. The van der Waals surface area contributed by atoms with Gasteiger partial charge in [-0.05, 0) is 30.7 Å². The summed E-state index contributed by atoms with van der Waals surface area (Å²) in [6.07, 6.45) is 0. The second kappa shape index (κ2) is 6.04. The van der Waals surface area contributed by atoms with Gasteiger partial charge in [-0.25, -0.2) is 0 Å². The molecule has 0 radical (unpaired) electrons. The van der Waals surface area contributed by atoms with Gasteiger partial charge in [-0.15, -0.1) is 0 Å². The van der Waals surface area contributed by atoms with Gasteiger partial charge >= 0.3 is 0 Å². The highest BCUT2D eigenvalue weighted by Gasteiger charge is 2.13. The largest absolute Gasteiger partial charge is 0.387 e. The van der Waals surface area contributed by atoms with Crippen LogP contribution in [0.2, 0.25) is 0 Å². The molecule has 21 heavy (non-hydrogen) atoms. The molecule has 0 saturated carbocycles. The molecule has 0 fully saturated rings. The third kappa shape index (κ3) is 3.17. The summed E-state index contributed by atoms with van der Waals surface area (Å²) >= 11 is 0. The van der Waals surface area contributed by atoms with Crippen molar-refractivity contribution in [2.75, 3.05) is 17.7 Å². The Bertz CT molecular complexity index is 698. The van der Waals surface area contributed by atoms with Gasteiger partial charge in [0.1, 0.15) is 0 Å². The molecule has 0 aromatic heterocycles. The fraction of sp³-hybridized carbons (Fsp3) is 0.133. The summed E-state index contributed by atoms with van der Waals surface area (Å²) in [4.78, 5) is 22.5. The summed E-state index contributed by atoms with van der Waals surface area (Å²) in [6.45, 7) is 1.71. The zero-order chi connectivity index (χ0) is 15.4. The molecule has 0 spiro atoms. The van der Waals surface area contributed by atoms with Crippen molar-refractivity contribution in [2.45, 2.75) is 6.92 Å². The van der Waals surface area contributed by atoms with Gasteiger partial charge in [-0.1, -0.05) is 12.1 Å². The zero-order valence-corrected chi connectivity index (χ0v) is 11.7. The van der Waals surface area contributed by atoms with Crippen LogP contribution < -0.4 is 10.6 Å². The number of para-hydroxylation sites is 1. The number of benzene rings is 2. The Morgan fingerprint density at radius 3 is 2.48 bits per heavy atom. The lowest BCUT2D eigenvalue weighted by Crippen LogP contribution is -2.14. The standard InChI is InChI=1S/C15H15N3O3/c1-10-9-11(18(20)21)7-8-13(10)17-15(19)12-5-3-4-6-14(12)16-2/h3-9,16H,1-2H3,(H,17,19). The smallest absolute Gasteiger partial charge is 0.269 e. The number of nitro groups is 1. The third-order valence-electron chi connectivity index (χ3n) is 3.11. The number of nitrogens with zero attached hydrogens (tertiary/aromatic N) is 1. The Labute approximate surface area is 121 Å². The number of carbonyl (C=O) groups excluding carboxylic acids is 1. The molecule has 0 aliphatic rings. The van der Waals surface area contributed by atoms with Gasteiger partial charge in [0.05, 0.1) is 10.5 Å². The van der Waals surface area contributed by atoms with E-state index in [-0.39, 0.29) is 11.6 Å². The van der Waals surface area contributed by atoms with Gasteiger partial charge in [0.2, 0.25) is 0 Å². The van der Waals surface area contributed by atoms with E-state index in [4.69, 9.17) is 0 Å². The molecule has 108 valence electrons. The summed E-state index contributed by atoms with van der Waals surface area (Å²) in [6, 6.07) is 11.5. The number of anilines is 2. The van der Waals surface area contributed by atoms with Crippen molar-refractivity contribution in [3.8, 4) is 0 Å². The van der Waals surface area contributed by atoms with Crippen molar-refractivity contribution in [3.05, 3.63) is 63.7 Å². The number of hydrogen-bond acceptors (Lipinski definition) is 4. The van der Waals surface area contributed by atoms with E-state index in [0.717, 1.165) is 5.69 Å². The second-order valence-corrected chi connectivity index (χ2v) is 4.51. The molecule has 0 bridgehead atoms. The van der Waals surface area contributed by atoms with Crippen LogP contribution in [-0.4, -0.2) is 17.9 Å². The molecule has 0 unspecified atom stereocenters. The number of nitro benzene ring substituents is 1. The topological polar surface area (TPSA) is 84.3 Å². The van der Waals surface area contributed by atoms with E-state index >= 15 is 0 Å². The number of carbonyl (C=O) groups is 1. The van der Waals surface area contributed by atoms with Crippen molar-refractivity contribution in [1.82, 2.24) is 0 Å². The van der Waals surface area contributed by atoms with Crippen LogP contribution in [0.15, 0.2) is 42.5 Å². The molecular weight excluding hydrogens is 270 g/mol. The highest BCUT2D eigenvalue weighted by Crippen LogP contribution is 2.23. The van der Waals surface area contributed by atoms with E-state index in [1.807, 2.05) is 6.07 Å². The molecular formula is C15H15N3O3. The van der Waals surface area contributed by atoms with Crippen LogP contribution in [-0.2, 0) is 0 Å². The second-order valence-electron chi connectivity index (χ2n) is 4.51. The Balaban J connectivity index is 2.26. The molecule has 0 aliphatic carbocycles. The van der Waals surface area contributed by atoms with E-state index in [1.165, 1.54) is 18.2 Å². The maximum Gasteiger partial charge on any atom is 0.269 e. The summed E-state index contributed by atoms with van der Waals surface area (Å²) in [5.74, 6) is -0.267. The van der Waals surface area contributed by atoms with Crippen LogP contribution in [0.5, 0.6) is 0 Å². The normalized spacial score (nSPS) is 10.0. The molecule has 0 heterocycles. The first-order valence-corrected chi connectivity index (χ1v) is 6.36. The van der Waals surface area contributed by atoms with E-state index in [2.05, 4.69) is 10.6 Å². The fourth-order valence-corrected chi connectivity index (χ4v) is 1.99. The molecule has 2 aromatic rings. The average Bonchev–Trinajstić information content (AvgIpc) is 2.48. The number of nitrogens with one attached hydrogen (secondary N) is 2. The van der Waals surface area contributed by atoms with Crippen molar-refractivity contribution >= 4 is 23.0 Å². The molecule has 0 saturated heterocycles. The number of amides is 1. The first-order chi connectivity index (χ1) is 10.0. The number of aryl methyl sites for hydroxylation is 1. The van der Waals surface area contributed by atoms with Gasteiger partial charge in [-0.2, -0.15) is 0 Å². The number of hydrogen-bond donors (Lipinski definition) is 2. The van der Waals surface area contributed by atoms with Gasteiger partial charge < -0.3 is 10.6 Å². The van der Waals surface area contributed by atoms with Crippen LogP contribution in [0.3, 0.4) is 0 Å². The number of non-ortho nitro benzene ring substituents is 1. The van der Waals surface area contributed by atoms with Crippen LogP contribution in [0, 0.1) is 17.0 Å². The van der Waals surface area contributed by atoms with E-state index in [9.17, 15) is 14.9 Å². The lowest BCUT2D eigenvalue weighted by molar-refractivity contribution is -0.384. The molecule has 1 amide bonds. The third-order valence-corrected chi connectivity index (χ3v) is 3.11. The predicted molar refractivity (Wildman–Crippen MR) is 81.8 cm³/mol. The van der Waals surface area contributed by atoms with Gasteiger partial charge in [0.15, 0.2) is 0 Å². The monoisotopic (exact) mass is 285 g/mol.